The summed E-state index contributed by atoms with van der Waals surface area (Å²) < 4.78 is 0. The summed E-state index contributed by atoms with van der Waals surface area (Å²) in [5.74, 6) is 0.937. The number of thiazole rings is 1. The molecule has 1 amide bonds. The first-order valence-electron chi connectivity index (χ1n) is 13.4. The second kappa shape index (κ2) is 10.9. The number of aromatic nitrogens is 2. The van der Waals surface area contributed by atoms with Gasteiger partial charge in [-0.2, -0.15) is 0 Å². The van der Waals surface area contributed by atoms with E-state index in [2.05, 4.69) is 66.8 Å². The van der Waals surface area contributed by atoms with Gasteiger partial charge in [-0.3, -0.25) is 9.78 Å². The van der Waals surface area contributed by atoms with Crippen LogP contribution in [0.2, 0.25) is 0 Å². The predicted molar refractivity (Wildman–Crippen MR) is 157 cm³/mol. The number of carbonyl (C=O) groups excluding carboxylic acids is 1. The van der Waals surface area contributed by atoms with Gasteiger partial charge < -0.3 is 5.32 Å². The lowest BCUT2D eigenvalue weighted by Gasteiger charge is -2.27. The van der Waals surface area contributed by atoms with Crippen molar-refractivity contribution in [2.24, 2.45) is 5.92 Å². The van der Waals surface area contributed by atoms with Crippen molar-refractivity contribution in [3.8, 4) is 11.1 Å². The Hall–Kier alpha value is -3.83. The molecule has 1 aliphatic carbocycles. The molecule has 1 saturated carbocycles. The van der Waals surface area contributed by atoms with Gasteiger partial charge in [0.1, 0.15) is 5.69 Å². The van der Waals surface area contributed by atoms with E-state index in [0.717, 1.165) is 52.2 Å². The van der Waals surface area contributed by atoms with Crippen LogP contribution in [-0.2, 0) is 6.42 Å². The zero-order valence-electron chi connectivity index (χ0n) is 21.6. The van der Waals surface area contributed by atoms with Crippen LogP contribution in [0, 0.1) is 12.8 Å². The molecule has 0 aliphatic heterocycles. The molecule has 190 valence electrons. The average molecular weight is 518 g/mol. The minimum absolute atomic E-state index is 0.149. The monoisotopic (exact) mass is 517 g/mol. The van der Waals surface area contributed by atoms with Gasteiger partial charge in [-0.1, -0.05) is 66.2 Å². The van der Waals surface area contributed by atoms with Crippen LogP contribution < -0.4 is 5.32 Å². The molecular weight excluding hydrogens is 486 g/mol. The molecule has 1 fully saturated rings. The van der Waals surface area contributed by atoms with E-state index in [1.807, 2.05) is 35.7 Å². The maximum Gasteiger partial charge on any atom is 0.275 e. The van der Waals surface area contributed by atoms with Crippen LogP contribution in [0.1, 0.15) is 58.4 Å². The lowest BCUT2D eigenvalue weighted by Crippen LogP contribution is -2.16. The first kappa shape index (κ1) is 24.5. The molecule has 6 rings (SSSR count). The van der Waals surface area contributed by atoms with Crippen LogP contribution in [0.5, 0.6) is 0 Å². The van der Waals surface area contributed by atoms with Crippen LogP contribution in [-0.4, -0.2) is 15.9 Å². The third-order valence-corrected chi connectivity index (χ3v) is 8.62. The Morgan fingerprint density at radius 3 is 2.53 bits per heavy atom. The van der Waals surface area contributed by atoms with Gasteiger partial charge in [0.2, 0.25) is 0 Å². The summed E-state index contributed by atoms with van der Waals surface area (Å²) in [6.45, 7) is 2.07. The Balaban J connectivity index is 1.09. The molecule has 2 aromatic heterocycles. The summed E-state index contributed by atoms with van der Waals surface area (Å²) in [4.78, 5) is 22.8. The minimum atomic E-state index is -0.149. The minimum Gasteiger partial charge on any atom is -0.320 e. The van der Waals surface area contributed by atoms with Gasteiger partial charge in [0.05, 0.1) is 10.5 Å². The van der Waals surface area contributed by atoms with Gasteiger partial charge in [0.15, 0.2) is 0 Å². The Kier molecular flexibility index (Phi) is 7.02. The predicted octanol–water partition coefficient (Wildman–Crippen LogP) is 8.44. The number of hydrogen-bond donors (Lipinski definition) is 1. The highest BCUT2D eigenvalue weighted by molar-refractivity contribution is 7.10. The third kappa shape index (κ3) is 5.39. The number of benzene rings is 3. The fourth-order valence-corrected chi connectivity index (χ4v) is 6.49. The fraction of sp³-hybridized carbons (Fsp3) is 0.242. The van der Waals surface area contributed by atoms with Crippen LogP contribution in [0.25, 0.3) is 22.0 Å². The van der Waals surface area contributed by atoms with Crippen LogP contribution in [0.15, 0.2) is 90.3 Å². The summed E-state index contributed by atoms with van der Waals surface area (Å²) in [5, 5.41) is 7.31. The molecule has 0 unspecified atom stereocenters. The topological polar surface area (TPSA) is 54.9 Å². The molecule has 5 heteroatoms. The summed E-state index contributed by atoms with van der Waals surface area (Å²) in [6, 6.07) is 29.0. The van der Waals surface area contributed by atoms with Gasteiger partial charge >= 0.3 is 0 Å². The van der Waals surface area contributed by atoms with Gasteiger partial charge in [0.25, 0.3) is 5.91 Å². The van der Waals surface area contributed by atoms with E-state index in [4.69, 9.17) is 9.97 Å². The van der Waals surface area contributed by atoms with Gasteiger partial charge in [0, 0.05) is 33.6 Å². The fourth-order valence-electron chi connectivity index (χ4n) is 5.52. The maximum absolute atomic E-state index is 13.2. The number of para-hydroxylation sites is 1. The third-order valence-electron chi connectivity index (χ3n) is 7.61. The molecule has 4 nitrogen and oxygen atoms in total. The van der Waals surface area contributed by atoms with E-state index in [0.29, 0.717) is 17.5 Å². The number of anilines is 1. The maximum atomic E-state index is 13.2. The van der Waals surface area contributed by atoms with Crippen molar-refractivity contribution in [2.45, 2.75) is 44.9 Å². The smallest absolute Gasteiger partial charge is 0.275 e. The van der Waals surface area contributed by atoms with Crippen molar-refractivity contribution >= 4 is 33.8 Å². The van der Waals surface area contributed by atoms with Crippen molar-refractivity contribution in [2.75, 3.05) is 5.32 Å². The highest BCUT2D eigenvalue weighted by Gasteiger charge is 2.26. The summed E-state index contributed by atoms with van der Waals surface area (Å²) in [6.07, 6.45) is 5.60. The number of amides is 1. The Bertz CT molecular complexity index is 1570. The lowest BCUT2D eigenvalue weighted by molar-refractivity contribution is 0.102. The molecule has 0 saturated heterocycles. The van der Waals surface area contributed by atoms with Crippen molar-refractivity contribution in [1.82, 2.24) is 9.97 Å². The number of aryl methyl sites for hydroxylation is 1. The molecule has 2 heterocycles. The quantitative estimate of drug-likeness (QED) is 0.246. The summed E-state index contributed by atoms with van der Waals surface area (Å²) in [5.41, 5.74) is 6.84. The Labute approximate surface area is 227 Å². The number of hydrogen-bond acceptors (Lipinski definition) is 4. The number of fused-ring (bicyclic) bond motifs is 1. The molecule has 0 radical (unpaired) electrons. The van der Waals surface area contributed by atoms with E-state index in [1.165, 1.54) is 23.9 Å². The van der Waals surface area contributed by atoms with Gasteiger partial charge in [-0.15, -0.1) is 11.3 Å². The number of pyridine rings is 1. The van der Waals surface area contributed by atoms with Crippen molar-refractivity contribution in [3.63, 3.8) is 0 Å². The van der Waals surface area contributed by atoms with Crippen LogP contribution >= 0.6 is 11.3 Å². The first-order chi connectivity index (χ1) is 18.6. The molecule has 1 N–H and O–H groups in total. The summed E-state index contributed by atoms with van der Waals surface area (Å²) >= 11 is 1.62. The number of carbonyl (C=O) groups is 1. The largest absolute Gasteiger partial charge is 0.320 e. The molecule has 0 bridgehead atoms. The molecular formula is C33H31N3OS. The second-order valence-electron chi connectivity index (χ2n) is 10.4. The normalized spacial score (nSPS) is 17.4. The number of nitrogens with zero attached hydrogens (tertiary/aromatic N) is 2. The lowest BCUT2D eigenvalue weighted by atomic mass is 9.80. The van der Waals surface area contributed by atoms with E-state index in [-0.39, 0.29) is 5.91 Å². The molecule has 1 aliphatic rings. The molecule has 5 aromatic rings. The number of rotatable bonds is 6. The van der Waals surface area contributed by atoms with E-state index in [9.17, 15) is 4.79 Å². The first-order valence-corrected chi connectivity index (χ1v) is 14.3. The SMILES string of the molecule is Cc1ccc(NC(=O)c2csc(C3CCC(Cc4ccc5ccccc5n4)CC3)n2)c(-c2ccccc2)c1. The van der Waals surface area contributed by atoms with Gasteiger partial charge in [-0.25, -0.2) is 4.98 Å². The number of nitrogens with one attached hydrogen (secondary N) is 1. The average Bonchev–Trinajstić information content (AvgIpc) is 3.45. The van der Waals surface area contributed by atoms with E-state index in [1.54, 1.807) is 11.3 Å². The zero-order valence-corrected chi connectivity index (χ0v) is 22.4. The molecule has 38 heavy (non-hydrogen) atoms. The molecule has 3 aromatic carbocycles. The standard InChI is InChI=1S/C33H31N3OS/c1-22-11-18-30(28(19-22)24-7-3-2-4-8-24)35-32(37)31-21-38-33(36-31)26-14-12-23(13-15-26)20-27-17-16-25-9-5-6-10-29(25)34-27/h2-11,16-19,21,23,26H,12-15,20H2,1H3,(H,35,37). The highest BCUT2D eigenvalue weighted by Crippen LogP contribution is 2.38. The van der Waals surface area contributed by atoms with E-state index >= 15 is 0 Å². The Morgan fingerprint density at radius 1 is 0.895 bits per heavy atom. The van der Waals surface area contributed by atoms with Crippen molar-refractivity contribution < 1.29 is 4.79 Å². The van der Waals surface area contributed by atoms with Crippen LogP contribution in [0.3, 0.4) is 0 Å². The molecule has 0 atom stereocenters. The highest BCUT2D eigenvalue weighted by atomic mass is 32.1. The summed E-state index contributed by atoms with van der Waals surface area (Å²) in [7, 11) is 0. The van der Waals surface area contributed by atoms with Crippen molar-refractivity contribution in [1.29, 1.82) is 0 Å². The van der Waals surface area contributed by atoms with Crippen LogP contribution in [0.4, 0.5) is 5.69 Å². The zero-order chi connectivity index (χ0) is 25.9. The van der Waals surface area contributed by atoms with Gasteiger partial charge in [-0.05, 0) is 74.8 Å². The second-order valence-corrected chi connectivity index (χ2v) is 11.2. The van der Waals surface area contributed by atoms with Crippen molar-refractivity contribution in [3.05, 3.63) is 112 Å². The Morgan fingerprint density at radius 2 is 1.68 bits per heavy atom. The molecule has 0 spiro atoms. The van der Waals surface area contributed by atoms with E-state index < -0.39 is 0 Å².